The van der Waals surface area contributed by atoms with E-state index >= 15 is 0 Å². The summed E-state index contributed by atoms with van der Waals surface area (Å²) < 4.78 is 0. The van der Waals surface area contributed by atoms with Crippen LogP contribution in [0.1, 0.15) is 58.3 Å². The zero-order valence-electron chi connectivity index (χ0n) is 9.60. The molecule has 82 valence electrons. The Labute approximate surface area is 88.7 Å². The Kier molecular flexibility index (Phi) is 3.86. The predicted molar refractivity (Wildman–Crippen MR) is 61.4 cm³/mol. The molecule has 0 radical (unpaired) electrons. The highest BCUT2D eigenvalue weighted by Crippen LogP contribution is 2.34. The van der Waals surface area contributed by atoms with Crippen molar-refractivity contribution in [3.63, 3.8) is 0 Å². The lowest BCUT2D eigenvalue weighted by Crippen LogP contribution is -2.37. The van der Waals surface area contributed by atoms with Gasteiger partial charge in [0.15, 0.2) is 0 Å². The molecule has 2 rings (SSSR count). The topological polar surface area (TPSA) is 12.0 Å². The molecule has 0 amide bonds. The van der Waals surface area contributed by atoms with Crippen molar-refractivity contribution in [3.05, 3.63) is 0 Å². The van der Waals surface area contributed by atoms with Gasteiger partial charge in [0.05, 0.1) is 0 Å². The van der Waals surface area contributed by atoms with E-state index in [-0.39, 0.29) is 0 Å². The molecule has 1 nitrogen and oxygen atoms in total. The second-order valence-corrected chi connectivity index (χ2v) is 5.34. The van der Waals surface area contributed by atoms with Gasteiger partial charge in [-0.05, 0) is 44.1 Å². The minimum atomic E-state index is 0.829. The largest absolute Gasteiger partial charge is 0.314 e. The van der Waals surface area contributed by atoms with Crippen LogP contribution in [0.5, 0.6) is 0 Å². The van der Waals surface area contributed by atoms with Crippen LogP contribution in [0, 0.1) is 11.8 Å². The molecule has 2 fully saturated rings. The zero-order valence-corrected chi connectivity index (χ0v) is 9.60. The molecule has 1 N–H and O–H groups in total. The van der Waals surface area contributed by atoms with Crippen LogP contribution in [-0.4, -0.2) is 12.6 Å². The van der Waals surface area contributed by atoms with Crippen LogP contribution < -0.4 is 5.32 Å². The lowest BCUT2D eigenvalue weighted by atomic mass is 9.83. The fraction of sp³-hybridized carbons (Fsp3) is 1.00. The number of piperidine rings is 1. The van der Waals surface area contributed by atoms with Crippen molar-refractivity contribution in [1.29, 1.82) is 0 Å². The molecule has 2 unspecified atom stereocenters. The maximum atomic E-state index is 3.62. The van der Waals surface area contributed by atoms with Gasteiger partial charge in [-0.15, -0.1) is 0 Å². The van der Waals surface area contributed by atoms with Crippen molar-refractivity contribution in [3.8, 4) is 0 Å². The Balaban J connectivity index is 1.73. The van der Waals surface area contributed by atoms with Gasteiger partial charge in [-0.3, -0.25) is 0 Å². The van der Waals surface area contributed by atoms with E-state index < -0.39 is 0 Å². The summed E-state index contributed by atoms with van der Waals surface area (Å²) in [4.78, 5) is 0. The highest BCUT2D eigenvalue weighted by molar-refractivity contribution is 4.80. The predicted octanol–water partition coefficient (Wildman–Crippen LogP) is 3.34. The van der Waals surface area contributed by atoms with Gasteiger partial charge in [-0.1, -0.05) is 32.6 Å². The molecule has 0 bridgehead atoms. The summed E-state index contributed by atoms with van der Waals surface area (Å²) in [7, 11) is 0. The third-order valence-electron chi connectivity index (χ3n) is 4.24. The Morgan fingerprint density at radius 3 is 2.57 bits per heavy atom. The summed E-state index contributed by atoms with van der Waals surface area (Å²) in [6, 6.07) is 0.829. The molecule has 0 aromatic carbocycles. The van der Waals surface area contributed by atoms with Crippen LogP contribution in [-0.2, 0) is 0 Å². The van der Waals surface area contributed by atoms with Crippen LogP contribution in [0.2, 0.25) is 0 Å². The van der Waals surface area contributed by atoms with Crippen LogP contribution in [0.4, 0.5) is 0 Å². The first-order chi connectivity index (χ1) is 6.88. The molecule has 0 spiro atoms. The van der Waals surface area contributed by atoms with Crippen LogP contribution in [0.15, 0.2) is 0 Å². The minimum Gasteiger partial charge on any atom is -0.314 e. The third-order valence-corrected chi connectivity index (χ3v) is 4.24. The molecule has 1 saturated carbocycles. The lowest BCUT2D eigenvalue weighted by Gasteiger charge is -2.31. The molecular formula is C13H25N. The van der Waals surface area contributed by atoms with Crippen LogP contribution in [0.3, 0.4) is 0 Å². The summed E-state index contributed by atoms with van der Waals surface area (Å²) in [5, 5.41) is 3.62. The van der Waals surface area contributed by atoms with Crippen molar-refractivity contribution < 1.29 is 0 Å². The van der Waals surface area contributed by atoms with Gasteiger partial charge in [-0.25, -0.2) is 0 Å². The third kappa shape index (κ3) is 2.73. The normalized spacial score (nSPS) is 34.9. The summed E-state index contributed by atoms with van der Waals surface area (Å²) in [6.45, 7) is 3.59. The smallest absolute Gasteiger partial charge is 0.00670 e. The number of rotatable bonds is 3. The second-order valence-electron chi connectivity index (χ2n) is 5.34. The summed E-state index contributed by atoms with van der Waals surface area (Å²) in [5.74, 6) is 2.14. The fourth-order valence-corrected chi connectivity index (χ4v) is 3.34. The molecule has 14 heavy (non-hydrogen) atoms. The molecule has 2 aliphatic rings. The molecule has 1 aliphatic carbocycles. The Bertz CT molecular complexity index is 161. The van der Waals surface area contributed by atoms with Crippen molar-refractivity contribution in [2.24, 2.45) is 11.8 Å². The van der Waals surface area contributed by atoms with E-state index in [1.165, 1.54) is 57.9 Å². The first-order valence-corrected chi connectivity index (χ1v) is 6.62. The monoisotopic (exact) mass is 195 g/mol. The zero-order chi connectivity index (χ0) is 9.80. The van der Waals surface area contributed by atoms with Crippen LogP contribution in [0.25, 0.3) is 0 Å². The molecule has 1 heterocycles. The van der Waals surface area contributed by atoms with Gasteiger partial charge < -0.3 is 5.32 Å². The average molecular weight is 195 g/mol. The van der Waals surface area contributed by atoms with Gasteiger partial charge in [0.25, 0.3) is 0 Å². The molecule has 1 saturated heterocycles. The first-order valence-electron chi connectivity index (χ1n) is 6.62. The molecular weight excluding hydrogens is 170 g/mol. The first kappa shape index (κ1) is 10.5. The fourth-order valence-electron chi connectivity index (χ4n) is 3.34. The van der Waals surface area contributed by atoms with E-state index in [9.17, 15) is 0 Å². The summed E-state index contributed by atoms with van der Waals surface area (Å²) >= 11 is 0. The standard InChI is InChI=1S/C13H25N/c1-2-13-10-12(7-8-14-13)9-11-5-3-4-6-11/h11-14H,2-10H2,1H3. The Morgan fingerprint density at radius 1 is 1.07 bits per heavy atom. The van der Waals surface area contributed by atoms with E-state index in [2.05, 4.69) is 12.2 Å². The second kappa shape index (κ2) is 5.16. The van der Waals surface area contributed by atoms with E-state index in [4.69, 9.17) is 0 Å². The Hall–Kier alpha value is -0.0400. The quantitative estimate of drug-likeness (QED) is 0.728. The molecule has 1 heteroatoms. The van der Waals surface area contributed by atoms with Gasteiger partial charge in [0, 0.05) is 6.04 Å². The molecule has 0 aromatic heterocycles. The summed E-state index contributed by atoms with van der Waals surface area (Å²) in [5.41, 5.74) is 0. The lowest BCUT2D eigenvalue weighted by molar-refractivity contribution is 0.251. The van der Waals surface area contributed by atoms with E-state index in [0.717, 1.165) is 17.9 Å². The van der Waals surface area contributed by atoms with Crippen molar-refractivity contribution in [1.82, 2.24) is 5.32 Å². The van der Waals surface area contributed by atoms with Crippen molar-refractivity contribution >= 4 is 0 Å². The van der Waals surface area contributed by atoms with Gasteiger partial charge >= 0.3 is 0 Å². The molecule has 2 atom stereocenters. The number of hydrogen-bond acceptors (Lipinski definition) is 1. The number of nitrogens with one attached hydrogen (secondary N) is 1. The van der Waals surface area contributed by atoms with Gasteiger partial charge in [0.2, 0.25) is 0 Å². The SMILES string of the molecule is CCC1CC(CC2CCCC2)CCN1. The molecule has 0 aromatic rings. The number of hydrogen-bond donors (Lipinski definition) is 1. The average Bonchev–Trinajstić information content (AvgIpc) is 2.71. The summed E-state index contributed by atoms with van der Waals surface area (Å²) in [6.07, 6.45) is 11.8. The molecule has 1 aliphatic heterocycles. The van der Waals surface area contributed by atoms with E-state index in [1.54, 1.807) is 0 Å². The van der Waals surface area contributed by atoms with Crippen molar-refractivity contribution in [2.45, 2.75) is 64.3 Å². The van der Waals surface area contributed by atoms with E-state index in [1.807, 2.05) is 0 Å². The van der Waals surface area contributed by atoms with Crippen molar-refractivity contribution in [2.75, 3.05) is 6.54 Å². The maximum absolute atomic E-state index is 3.62. The maximum Gasteiger partial charge on any atom is 0.00670 e. The van der Waals surface area contributed by atoms with Gasteiger partial charge in [0.1, 0.15) is 0 Å². The Morgan fingerprint density at radius 2 is 1.86 bits per heavy atom. The highest BCUT2D eigenvalue weighted by atomic mass is 14.9. The van der Waals surface area contributed by atoms with E-state index in [0.29, 0.717) is 0 Å². The highest BCUT2D eigenvalue weighted by Gasteiger charge is 2.24. The van der Waals surface area contributed by atoms with Crippen LogP contribution >= 0.6 is 0 Å². The van der Waals surface area contributed by atoms with Gasteiger partial charge in [-0.2, -0.15) is 0 Å². The minimum absolute atomic E-state index is 0.829.